The lowest BCUT2D eigenvalue weighted by Crippen LogP contribution is -2.67. The summed E-state index contributed by atoms with van der Waals surface area (Å²) < 4.78 is 23.4. The molecule has 3 atom stereocenters. The Morgan fingerprint density at radius 1 is 1.09 bits per heavy atom. The van der Waals surface area contributed by atoms with Gasteiger partial charge in [0.05, 0.1) is 31.0 Å². The van der Waals surface area contributed by atoms with E-state index in [-0.39, 0.29) is 23.5 Å². The number of hydrogen-bond donors (Lipinski definition) is 0. The Hall–Kier alpha value is -2.90. The van der Waals surface area contributed by atoms with Gasteiger partial charge in [-0.1, -0.05) is 87.5 Å². The van der Waals surface area contributed by atoms with E-state index in [0.29, 0.717) is 25.5 Å². The zero-order valence-electron chi connectivity index (χ0n) is 25.5. The fourth-order valence-electron chi connectivity index (χ4n) is 5.87. The standard InChI is InChI=1S/C33H40IN5O3Si/c1-7-18-40-27-19-29(39-20-26(34)30-31(37-23-38(5)6)35-22-36-32(30)39)42-28(27)21-41-43(33(2,3)4,24-14-10-8-11-15-24)25-16-12-9-13-17-25/h7-17,20,22-23,27-29H,1,18-19,21H2,2-6H3. The largest absolute Gasteiger partial charge is 0.405 e. The fraction of sp³-hybridized carbons (Fsp3) is 0.364. The summed E-state index contributed by atoms with van der Waals surface area (Å²) in [5.74, 6) is 0.630. The van der Waals surface area contributed by atoms with Gasteiger partial charge in [-0.25, -0.2) is 15.0 Å². The summed E-state index contributed by atoms with van der Waals surface area (Å²) in [6.45, 7) is 11.6. The van der Waals surface area contributed by atoms with Crippen LogP contribution in [0.25, 0.3) is 11.0 Å². The van der Waals surface area contributed by atoms with E-state index in [1.54, 1.807) is 18.7 Å². The Morgan fingerprint density at radius 2 is 1.74 bits per heavy atom. The topological polar surface area (TPSA) is 74.0 Å². The molecule has 3 heterocycles. The van der Waals surface area contributed by atoms with Crippen LogP contribution in [0.5, 0.6) is 0 Å². The first-order valence-electron chi connectivity index (χ1n) is 14.5. The molecule has 226 valence electrons. The second-order valence-corrected chi connectivity index (χ2v) is 17.5. The molecule has 0 spiro atoms. The highest BCUT2D eigenvalue weighted by atomic mass is 127. The summed E-state index contributed by atoms with van der Waals surface area (Å²) in [6, 6.07) is 21.4. The summed E-state index contributed by atoms with van der Waals surface area (Å²) >= 11 is 2.32. The van der Waals surface area contributed by atoms with E-state index in [1.807, 2.05) is 19.0 Å². The molecular formula is C33H40IN5O3Si. The number of halogens is 1. The van der Waals surface area contributed by atoms with Gasteiger partial charge in [-0.15, -0.1) is 6.58 Å². The van der Waals surface area contributed by atoms with Crippen LogP contribution in [0.1, 0.15) is 33.4 Å². The van der Waals surface area contributed by atoms with Gasteiger partial charge in [0.25, 0.3) is 8.32 Å². The molecule has 8 nitrogen and oxygen atoms in total. The molecule has 43 heavy (non-hydrogen) atoms. The Kier molecular flexibility index (Phi) is 9.82. The summed E-state index contributed by atoms with van der Waals surface area (Å²) in [5.41, 5.74) is 0.784. The fourth-order valence-corrected chi connectivity index (χ4v) is 11.2. The molecule has 3 unspecified atom stereocenters. The van der Waals surface area contributed by atoms with Crippen molar-refractivity contribution in [2.45, 2.75) is 50.7 Å². The molecule has 1 fully saturated rings. The lowest BCUT2D eigenvalue weighted by Gasteiger charge is -2.43. The molecule has 10 heteroatoms. The van der Waals surface area contributed by atoms with Crippen LogP contribution in [0.15, 0.2) is 90.8 Å². The van der Waals surface area contributed by atoms with Crippen LogP contribution in [0.4, 0.5) is 5.82 Å². The van der Waals surface area contributed by atoms with Gasteiger partial charge in [0.2, 0.25) is 0 Å². The van der Waals surface area contributed by atoms with Crippen molar-refractivity contribution in [3.05, 3.63) is 89.4 Å². The molecule has 1 saturated heterocycles. The van der Waals surface area contributed by atoms with Crippen molar-refractivity contribution in [2.24, 2.45) is 4.99 Å². The number of fused-ring (bicyclic) bond motifs is 1. The van der Waals surface area contributed by atoms with Gasteiger partial charge >= 0.3 is 0 Å². The molecule has 0 aliphatic carbocycles. The van der Waals surface area contributed by atoms with Crippen LogP contribution >= 0.6 is 22.6 Å². The highest BCUT2D eigenvalue weighted by Gasteiger charge is 2.51. The molecule has 2 aromatic heterocycles. The monoisotopic (exact) mass is 709 g/mol. The smallest absolute Gasteiger partial charge is 0.261 e. The van der Waals surface area contributed by atoms with Crippen molar-refractivity contribution in [3.8, 4) is 0 Å². The third-order valence-electron chi connectivity index (χ3n) is 7.75. The van der Waals surface area contributed by atoms with Crippen LogP contribution in [0.2, 0.25) is 5.04 Å². The molecule has 0 N–H and O–H groups in total. The van der Waals surface area contributed by atoms with E-state index in [1.165, 1.54) is 10.4 Å². The molecule has 2 aromatic carbocycles. The average Bonchev–Trinajstić information content (AvgIpc) is 3.56. The zero-order chi connectivity index (χ0) is 30.6. The van der Waals surface area contributed by atoms with Crippen molar-refractivity contribution < 1.29 is 13.9 Å². The summed E-state index contributed by atoms with van der Waals surface area (Å²) in [4.78, 5) is 15.5. The minimum Gasteiger partial charge on any atom is -0.405 e. The van der Waals surface area contributed by atoms with E-state index in [0.717, 1.165) is 14.6 Å². The number of aliphatic imine (C=N–C) groups is 1. The SMILES string of the molecule is C=CCOC1CC(n2cc(I)c3c(N=CN(C)C)ncnc32)OC1CO[Si](c1ccccc1)(c1ccccc1)C(C)(C)C. The number of hydrogen-bond acceptors (Lipinski definition) is 6. The first-order valence-corrected chi connectivity index (χ1v) is 17.5. The Bertz CT molecular complexity index is 1520. The predicted molar refractivity (Wildman–Crippen MR) is 184 cm³/mol. The van der Waals surface area contributed by atoms with Crippen molar-refractivity contribution in [2.75, 3.05) is 27.3 Å². The molecule has 0 radical (unpaired) electrons. The van der Waals surface area contributed by atoms with Crippen molar-refractivity contribution in [3.63, 3.8) is 0 Å². The van der Waals surface area contributed by atoms with Crippen molar-refractivity contribution in [1.82, 2.24) is 19.4 Å². The number of nitrogens with zero attached hydrogens (tertiary/aromatic N) is 5. The van der Waals surface area contributed by atoms with E-state index < -0.39 is 8.32 Å². The Morgan fingerprint density at radius 3 is 2.33 bits per heavy atom. The minimum atomic E-state index is -2.75. The van der Waals surface area contributed by atoms with Gasteiger partial charge in [0, 0.05) is 30.3 Å². The third kappa shape index (κ3) is 6.48. The van der Waals surface area contributed by atoms with Crippen LogP contribution < -0.4 is 10.4 Å². The normalized spacial score (nSPS) is 19.3. The third-order valence-corrected chi connectivity index (χ3v) is 13.6. The van der Waals surface area contributed by atoms with Gasteiger partial charge < -0.3 is 23.4 Å². The molecule has 0 amide bonds. The van der Waals surface area contributed by atoms with Crippen LogP contribution in [0, 0.1) is 3.57 Å². The maximum atomic E-state index is 7.26. The van der Waals surface area contributed by atoms with E-state index in [2.05, 4.69) is 136 Å². The second-order valence-electron chi connectivity index (χ2n) is 12.0. The minimum absolute atomic E-state index is 0.141. The molecule has 0 bridgehead atoms. The number of ether oxygens (including phenoxy) is 2. The van der Waals surface area contributed by atoms with Crippen LogP contribution in [0.3, 0.4) is 0 Å². The van der Waals surface area contributed by atoms with Crippen molar-refractivity contribution in [1.29, 1.82) is 0 Å². The Labute approximate surface area is 269 Å². The highest BCUT2D eigenvalue weighted by molar-refractivity contribution is 14.1. The maximum absolute atomic E-state index is 7.26. The first kappa shape index (κ1) is 31.5. The van der Waals surface area contributed by atoms with Gasteiger partial charge in [-0.3, -0.25) is 0 Å². The molecule has 1 aliphatic heterocycles. The number of benzene rings is 2. The molecule has 0 saturated carbocycles. The van der Waals surface area contributed by atoms with Gasteiger partial charge in [0.1, 0.15) is 24.3 Å². The lowest BCUT2D eigenvalue weighted by atomic mass is 10.2. The molecule has 1 aliphatic rings. The quantitative estimate of drug-likeness (QED) is 0.0656. The summed E-state index contributed by atoms with van der Waals surface area (Å²) in [6.07, 6.45) is 7.06. The van der Waals surface area contributed by atoms with Crippen LogP contribution in [-0.2, 0) is 13.9 Å². The zero-order valence-corrected chi connectivity index (χ0v) is 28.6. The summed E-state index contributed by atoms with van der Waals surface area (Å²) in [5, 5.41) is 3.24. The first-order chi connectivity index (χ1) is 20.7. The van der Waals surface area contributed by atoms with E-state index >= 15 is 0 Å². The van der Waals surface area contributed by atoms with Gasteiger partial charge in [-0.05, 0) is 38.0 Å². The lowest BCUT2D eigenvalue weighted by molar-refractivity contribution is -0.0529. The molecule has 5 rings (SSSR count). The second kappa shape index (κ2) is 13.4. The number of aromatic nitrogens is 3. The van der Waals surface area contributed by atoms with Gasteiger partial charge in [0.15, 0.2) is 5.82 Å². The van der Waals surface area contributed by atoms with E-state index in [4.69, 9.17) is 13.9 Å². The van der Waals surface area contributed by atoms with Crippen molar-refractivity contribution >= 4 is 64.5 Å². The van der Waals surface area contributed by atoms with Crippen LogP contribution in [-0.4, -0.2) is 73.6 Å². The average molecular weight is 710 g/mol. The molecular weight excluding hydrogens is 669 g/mol. The summed E-state index contributed by atoms with van der Waals surface area (Å²) in [7, 11) is 1.12. The predicted octanol–water partition coefficient (Wildman–Crippen LogP) is 5.69. The highest BCUT2D eigenvalue weighted by Crippen LogP contribution is 2.40. The Balaban J connectivity index is 1.49. The number of rotatable bonds is 11. The molecule has 4 aromatic rings. The van der Waals surface area contributed by atoms with Gasteiger partial charge in [-0.2, -0.15) is 0 Å². The van der Waals surface area contributed by atoms with E-state index in [9.17, 15) is 0 Å². The maximum Gasteiger partial charge on any atom is 0.261 e.